The van der Waals surface area contributed by atoms with Crippen molar-refractivity contribution in [3.63, 3.8) is 0 Å². The molecule has 1 aromatic carbocycles. The van der Waals surface area contributed by atoms with E-state index >= 15 is 0 Å². The number of hydrogen-bond donors (Lipinski definition) is 2. The van der Waals surface area contributed by atoms with Gasteiger partial charge in [-0.2, -0.15) is 0 Å². The van der Waals surface area contributed by atoms with Crippen molar-refractivity contribution in [3.05, 3.63) is 29.6 Å². The van der Waals surface area contributed by atoms with Gasteiger partial charge in [0.15, 0.2) is 6.61 Å². The Labute approximate surface area is 118 Å². The summed E-state index contributed by atoms with van der Waals surface area (Å²) in [4.78, 5) is 11.7. The van der Waals surface area contributed by atoms with Crippen LogP contribution < -0.4 is 15.8 Å². The number of rotatable bonds is 7. The summed E-state index contributed by atoms with van der Waals surface area (Å²) >= 11 is 0. The number of halogens is 1. The van der Waals surface area contributed by atoms with Crippen molar-refractivity contribution >= 4 is 5.91 Å². The first-order chi connectivity index (χ1) is 9.43. The van der Waals surface area contributed by atoms with Crippen LogP contribution in [0.1, 0.15) is 25.5 Å². The summed E-state index contributed by atoms with van der Waals surface area (Å²) in [6.45, 7) is 3.80. The van der Waals surface area contributed by atoms with Crippen molar-refractivity contribution < 1.29 is 18.7 Å². The lowest BCUT2D eigenvalue weighted by molar-refractivity contribution is -0.124. The summed E-state index contributed by atoms with van der Waals surface area (Å²) < 4.78 is 23.5. The summed E-state index contributed by atoms with van der Waals surface area (Å²) in [5.74, 6) is -0.443. The van der Waals surface area contributed by atoms with Crippen LogP contribution in [0.5, 0.6) is 5.75 Å². The highest BCUT2D eigenvalue weighted by molar-refractivity contribution is 5.77. The van der Waals surface area contributed by atoms with E-state index in [1.54, 1.807) is 20.1 Å². The molecule has 0 aromatic heterocycles. The first-order valence-corrected chi connectivity index (χ1v) is 6.40. The first-order valence-electron chi connectivity index (χ1n) is 6.40. The lowest BCUT2D eigenvalue weighted by atomic mass is 10.1. The fraction of sp³-hybridized carbons (Fsp3) is 0.500. The molecule has 1 aromatic rings. The minimum atomic E-state index is -0.433. The number of amides is 1. The van der Waals surface area contributed by atoms with Crippen molar-refractivity contribution in [1.82, 2.24) is 5.32 Å². The Bertz CT molecular complexity index is 452. The normalized spacial score (nSPS) is 13.7. The number of methoxy groups -OCH3 is 1. The topological polar surface area (TPSA) is 73.6 Å². The van der Waals surface area contributed by atoms with Crippen molar-refractivity contribution in [1.29, 1.82) is 0 Å². The zero-order chi connectivity index (χ0) is 15.1. The van der Waals surface area contributed by atoms with Crippen molar-refractivity contribution in [2.24, 2.45) is 5.73 Å². The third-order valence-electron chi connectivity index (χ3n) is 2.65. The van der Waals surface area contributed by atoms with E-state index in [1.807, 2.05) is 6.92 Å². The molecule has 0 bridgehead atoms. The highest BCUT2D eigenvalue weighted by atomic mass is 19.1. The molecule has 2 atom stereocenters. The Kier molecular flexibility index (Phi) is 6.41. The zero-order valence-electron chi connectivity index (χ0n) is 12.0. The third-order valence-corrected chi connectivity index (χ3v) is 2.65. The molecule has 0 aliphatic carbocycles. The Morgan fingerprint density at radius 3 is 2.75 bits per heavy atom. The number of ether oxygens (including phenoxy) is 2. The number of hydrogen-bond acceptors (Lipinski definition) is 4. The van der Waals surface area contributed by atoms with Crippen LogP contribution in [0.15, 0.2) is 18.2 Å². The lowest BCUT2D eigenvalue weighted by Gasteiger charge is -2.16. The predicted molar refractivity (Wildman–Crippen MR) is 74.0 cm³/mol. The number of carbonyl (C=O) groups excluding carboxylic acids is 1. The van der Waals surface area contributed by atoms with Crippen LogP contribution in [0.4, 0.5) is 4.39 Å². The molecular formula is C14H21FN2O3. The first kappa shape index (κ1) is 16.4. The lowest BCUT2D eigenvalue weighted by Crippen LogP contribution is -2.38. The van der Waals surface area contributed by atoms with Crippen molar-refractivity contribution in [2.75, 3.05) is 20.3 Å². The monoisotopic (exact) mass is 284 g/mol. The van der Waals surface area contributed by atoms with Crippen LogP contribution >= 0.6 is 0 Å². The smallest absolute Gasteiger partial charge is 0.258 e. The molecule has 5 nitrogen and oxygen atoms in total. The van der Waals surface area contributed by atoms with Gasteiger partial charge in [0.25, 0.3) is 5.91 Å². The highest BCUT2D eigenvalue weighted by Gasteiger charge is 2.12. The predicted octanol–water partition coefficient (Wildman–Crippen LogP) is 1.38. The fourth-order valence-electron chi connectivity index (χ4n) is 1.76. The minimum absolute atomic E-state index is 0.114. The van der Waals surface area contributed by atoms with Gasteiger partial charge in [0.1, 0.15) is 11.6 Å². The summed E-state index contributed by atoms with van der Waals surface area (Å²) in [5.41, 5.74) is 6.43. The molecule has 0 spiro atoms. The van der Waals surface area contributed by atoms with Crippen LogP contribution in [0.25, 0.3) is 0 Å². The van der Waals surface area contributed by atoms with Gasteiger partial charge >= 0.3 is 0 Å². The molecule has 0 fully saturated rings. The molecule has 20 heavy (non-hydrogen) atoms. The summed E-state index contributed by atoms with van der Waals surface area (Å²) in [6.07, 6.45) is 0. The molecule has 0 radical (unpaired) electrons. The van der Waals surface area contributed by atoms with E-state index in [2.05, 4.69) is 5.32 Å². The van der Waals surface area contributed by atoms with E-state index in [1.165, 1.54) is 12.1 Å². The van der Waals surface area contributed by atoms with Crippen LogP contribution in [-0.2, 0) is 9.53 Å². The molecule has 1 rings (SSSR count). The quantitative estimate of drug-likeness (QED) is 0.793. The molecule has 6 heteroatoms. The van der Waals surface area contributed by atoms with Crippen LogP contribution in [0.2, 0.25) is 0 Å². The molecular weight excluding hydrogens is 263 g/mol. The van der Waals surface area contributed by atoms with Crippen LogP contribution in [-0.4, -0.2) is 32.3 Å². The van der Waals surface area contributed by atoms with E-state index in [9.17, 15) is 9.18 Å². The number of nitrogens with one attached hydrogen (secondary N) is 1. The van der Waals surface area contributed by atoms with Gasteiger partial charge in [0, 0.05) is 30.8 Å². The van der Waals surface area contributed by atoms with Gasteiger partial charge in [-0.1, -0.05) is 6.07 Å². The van der Waals surface area contributed by atoms with E-state index in [4.69, 9.17) is 15.2 Å². The van der Waals surface area contributed by atoms with Crippen molar-refractivity contribution in [3.8, 4) is 5.75 Å². The maximum absolute atomic E-state index is 13.2. The number of carbonyl (C=O) groups is 1. The van der Waals surface area contributed by atoms with Crippen LogP contribution in [0, 0.1) is 5.82 Å². The van der Waals surface area contributed by atoms with Gasteiger partial charge in [-0.05, 0) is 19.9 Å². The van der Waals surface area contributed by atoms with Gasteiger partial charge in [0.2, 0.25) is 0 Å². The Hall–Kier alpha value is -1.66. The van der Waals surface area contributed by atoms with Gasteiger partial charge in [-0.25, -0.2) is 4.39 Å². The highest BCUT2D eigenvalue weighted by Crippen LogP contribution is 2.24. The minimum Gasteiger partial charge on any atom is -0.483 e. The maximum atomic E-state index is 13.2. The maximum Gasteiger partial charge on any atom is 0.258 e. The Balaban J connectivity index is 2.61. The van der Waals surface area contributed by atoms with Gasteiger partial charge in [-0.3, -0.25) is 4.79 Å². The molecule has 0 saturated heterocycles. The number of benzene rings is 1. The Morgan fingerprint density at radius 1 is 1.45 bits per heavy atom. The van der Waals surface area contributed by atoms with E-state index in [0.29, 0.717) is 12.2 Å². The molecule has 2 unspecified atom stereocenters. The molecule has 0 aliphatic heterocycles. The van der Waals surface area contributed by atoms with Crippen molar-refractivity contribution in [2.45, 2.75) is 25.9 Å². The van der Waals surface area contributed by atoms with Gasteiger partial charge < -0.3 is 20.5 Å². The SMILES string of the molecule is COCC(C)NC(=O)COc1cc(F)ccc1C(C)N. The average molecular weight is 284 g/mol. The van der Waals surface area contributed by atoms with Crippen LogP contribution in [0.3, 0.4) is 0 Å². The average Bonchev–Trinajstić information content (AvgIpc) is 2.36. The molecule has 0 saturated carbocycles. The summed E-state index contributed by atoms with van der Waals surface area (Å²) in [5, 5.41) is 2.70. The molecule has 112 valence electrons. The zero-order valence-corrected chi connectivity index (χ0v) is 12.0. The fourth-order valence-corrected chi connectivity index (χ4v) is 1.76. The second-order valence-electron chi connectivity index (χ2n) is 4.68. The summed E-state index contributed by atoms with van der Waals surface area (Å²) in [7, 11) is 1.56. The largest absolute Gasteiger partial charge is 0.483 e. The van der Waals surface area contributed by atoms with E-state index < -0.39 is 5.82 Å². The van der Waals surface area contributed by atoms with E-state index in [-0.39, 0.29) is 30.3 Å². The molecule has 3 N–H and O–H groups in total. The standard InChI is InChI=1S/C14H21FN2O3/c1-9(7-19-3)17-14(18)8-20-13-6-11(15)4-5-12(13)10(2)16/h4-6,9-10H,7-8,16H2,1-3H3,(H,17,18). The second kappa shape index (κ2) is 7.81. The summed E-state index contributed by atoms with van der Waals surface area (Å²) in [6, 6.07) is 3.68. The Morgan fingerprint density at radius 2 is 2.15 bits per heavy atom. The molecule has 1 amide bonds. The third kappa shape index (κ3) is 5.14. The van der Waals surface area contributed by atoms with Gasteiger partial charge in [0.05, 0.1) is 6.61 Å². The number of nitrogens with two attached hydrogens (primary N) is 1. The molecule has 0 aliphatic rings. The molecule has 0 heterocycles. The van der Waals surface area contributed by atoms with Gasteiger partial charge in [-0.15, -0.1) is 0 Å². The van der Waals surface area contributed by atoms with E-state index in [0.717, 1.165) is 0 Å². The second-order valence-corrected chi connectivity index (χ2v) is 4.68.